The van der Waals surface area contributed by atoms with Crippen molar-refractivity contribution in [2.45, 2.75) is 39.3 Å². The SMILES string of the molecule is COc1ccc(N2C(=O)[C@@H](C)[C@H]2C(=O)OC(C)(C)C)cc1. The predicted octanol–water partition coefficient (Wildman–Crippen LogP) is 2.39. The molecular weight excluding hydrogens is 270 g/mol. The molecule has 0 bridgehead atoms. The molecule has 1 aliphatic rings. The molecule has 5 heteroatoms. The molecule has 1 amide bonds. The summed E-state index contributed by atoms with van der Waals surface area (Å²) in [6, 6.07) is 6.49. The van der Waals surface area contributed by atoms with E-state index in [9.17, 15) is 9.59 Å². The molecule has 21 heavy (non-hydrogen) atoms. The van der Waals surface area contributed by atoms with Gasteiger partial charge < -0.3 is 9.47 Å². The number of β-lactam (4-membered cyclic amide) rings is 1. The van der Waals surface area contributed by atoms with Crippen LogP contribution in [0.2, 0.25) is 0 Å². The second-order valence-electron chi connectivity index (χ2n) is 6.17. The topological polar surface area (TPSA) is 55.8 Å². The van der Waals surface area contributed by atoms with Crippen molar-refractivity contribution in [3.63, 3.8) is 0 Å². The zero-order chi connectivity index (χ0) is 15.8. The maximum atomic E-state index is 12.3. The van der Waals surface area contributed by atoms with Crippen LogP contribution in [0.3, 0.4) is 0 Å². The summed E-state index contributed by atoms with van der Waals surface area (Å²) in [5, 5.41) is 0. The fourth-order valence-electron chi connectivity index (χ4n) is 2.34. The van der Waals surface area contributed by atoms with E-state index in [1.165, 1.54) is 4.90 Å². The smallest absolute Gasteiger partial charge is 0.330 e. The summed E-state index contributed by atoms with van der Waals surface area (Å²) in [6.07, 6.45) is 0. The fourth-order valence-corrected chi connectivity index (χ4v) is 2.34. The van der Waals surface area contributed by atoms with Gasteiger partial charge in [-0.25, -0.2) is 4.79 Å². The molecule has 0 radical (unpaired) electrons. The lowest BCUT2D eigenvalue weighted by atomic mass is 9.88. The number of nitrogens with zero attached hydrogens (tertiary/aromatic N) is 1. The van der Waals surface area contributed by atoms with Crippen molar-refractivity contribution in [1.29, 1.82) is 0 Å². The van der Waals surface area contributed by atoms with E-state index in [2.05, 4.69) is 0 Å². The Morgan fingerprint density at radius 1 is 1.19 bits per heavy atom. The molecule has 0 spiro atoms. The molecule has 1 saturated heterocycles. The van der Waals surface area contributed by atoms with Crippen LogP contribution in [-0.4, -0.2) is 30.6 Å². The average molecular weight is 291 g/mol. The van der Waals surface area contributed by atoms with Gasteiger partial charge in [-0.05, 0) is 45.0 Å². The molecule has 0 unspecified atom stereocenters. The number of carbonyl (C=O) groups excluding carboxylic acids is 2. The fraction of sp³-hybridized carbons (Fsp3) is 0.500. The lowest BCUT2D eigenvalue weighted by Gasteiger charge is -2.44. The summed E-state index contributed by atoms with van der Waals surface area (Å²) in [6.45, 7) is 7.19. The summed E-state index contributed by atoms with van der Waals surface area (Å²) >= 11 is 0. The van der Waals surface area contributed by atoms with E-state index in [-0.39, 0.29) is 17.8 Å². The highest BCUT2D eigenvalue weighted by Gasteiger charge is 2.51. The molecule has 114 valence electrons. The maximum absolute atomic E-state index is 12.3. The highest BCUT2D eigenvalue weighted by atomic mass is 16.6. The molecule has 2 rings (SSSR count). The molecular formula is C16H21NO4. The van der Waals surface area contributed by atoms with Crippen LogP contribution < -0.4 is 9.64 Å². The minimum absolute atomic E-state index is 0.0731. The Morgan fingerprint density at radius 3 is 2.24 bits per heavy atom. The van der Waals surface area contributed by atoms with Gasteiger partial charge in [0.1, 0.15) is 17.4 Å². The van der Waals surface area contributed by atoms with Crippen LogP contribution >= 0.6 is 0 Å². The molecule has 1 aliphatic heterocycles. The first-order valence-corrected chi connectivity index (χ1v) is 6.94. The molecule has 1 heterocycles. The van der Waals surface area contributed by atoms with E-state index in [0.717, 1.165) is 0 Å². The first kappa shape index (κ1) is 15.4. The zero-order valence-corrected chi connectivity index (χ0v) is 13.0. The van der Waals surface area contributed by atoms with Crippen molar-refractivity contribution in [2.24, 2.45) is 5.92 Å². The first-order valence-electron chi connectivity index (χ1n) is 6.94. The third-order valence-corrected chi connectivity index (χ3v) is 3.38. The van der Waals surface area contributed by atoms with E-state index in [0.29, 0.717) is 11.4 Å². The molecule has 1 aromatic rings. The molecule has 5 nitrogen and oxygen atoms in total. The van der Waals surface area contributed by atoms with Crippen LogP contribution in [0.25, 0.3) is 0 Å². The second-order valence-corrected chi connectivity index (χ2v) is 6.17. The number of esters is 1. The van der Waals surface area contributed by atoms with Crippen LogP contribution in [0.1, 0.15) is 27.7 Å². The number of rotatable bonds is 3. The van der Waals surface area contributed by atoms with Gasteiger partial charge >= 0.3 is 5.97 Å². The van der Waals surface area contributed by atoms with E-state index in [1.54, 1.807) is 38.3 Å². The number of methoxy groups -OCH3 is 1. The Labute approximate surface area is 124 Å². The summed E-state index contributed by atoms with van der Waals surface area (Å²) < 4.78 is 10.5. The average Bonchev–Trinajstić information content (AvgIpc) is 2.41. The molecule has 1 aromatic carbocycles. The van der Waals surface area contributed by atoms with Crippen LogP contribution in [0.15, 0.2) is 24.3 Å². The Hall–Kier alpha value is -2.04. The van der Waals surface area contributed by atoms with Gasteiger partial charge in [-0.1, -0.05) is 6.92 Å². The molecule has 0 saturated carbocycles. The van der Waals surface area contributed by atoms with Crippen molar-refractivity contribution < 1.29 is 19.1 Å². The summed E-state index contributed by atoms with van der Waals surface area (Å²) in [7, 11) is 1.58. The van der Waals surface area contributed by atoms with E-state index in [4.69, 9.17) is 9.47 Å². The molecule has 0 N–H and O–H groups in total. The number of hydrogen-bond acceptors (Lipinski definition) is 4. The number of hydrogen-bond donors (Lipinski definition) is 0. The molecule has 2 atom stereocenters. The van der Waals surface area contributed by atoms with E-state index in [1.807, 2.05) is 20.8 Å². The van der Waals surface area contributed by atoms with E-state index >= 15 is 0 Å². The minimum Gasteiger partial charge on any atom is -0.497 e. The second kappa shape index (κ2) is 5.39. The normalized spacial score (nSPS) is 21.8. The van der Waals surface area contributed by atoms with Crippen molar-refractivity contribution in [3.05, 3.63) is 24.3 Å². The number of anilines is 1. The van der Waals surface area contributed by atoms with Crippen LogP contribution in [-0.2, 0) is 14.3 Å². The predicted molar refractivity (Wildman–Crippen MR) is 79.3 cm³/mol. The van der Waals surface area contributed by atoms with Crippen molar-refractivity contribution in [2.75, 3.05) is 12.0 Å². The Kier molecular flexibility index (Phi) is 3.94. The Balaban J connectivity index is 2.20. The van der Waals surface area contributed by atoms with Gasteiger partial charge in [0.15, 0.2) is 0 Å². The summed E-state index contributed by atoms with van der Waals surface area (Å²) in [4.78, 5) is 25.8. The van der Waals surface area contributed by atoms with Crippen LogP contribution in [0.5, 0.6) is 5.75 Å². The monoisotopic (exact) mass is 291 g/mol. The van der Waals surface area contributed by atoms with Crippen molar-refractivity contribution in [3.8, 4) is 5.75 Å². The van der Waals surface area contributed by atoms with Gasteiger partial charge in [-0.2, -0.15) is 0 Å². The molecule has 0 aliphatic carbocycles. The lowest BCUT2D eigenvalue weighted by molar-refractivity contribution is -0.163. The quantitative estimate of drug-likeness (QED) is 0.634. The van der Waals surface area contributed by atoms with Gasteiger partial charge in [-0.15, -0.1) is 0 Å². The summed E-state index contributed by atoms with van der Waals surface area (Å²) in [5.74, 6) is -0.100. The number of ether oxygens (including phenoxy) is 2. The lowest BCUT2D eigenvalue weighted by Crippen LogP contribution is -2.64. The largest absolute Gasteiger partial charge is 0.497 e. The van der Waals surface area contributed by atoms with Crippen molar-refractivity contribution >= 4 is 17.6 Å². The minimum atomic E-state index is -0.568. The molecule has 1 fully saturated rings. The Bertz CT molecular complexity index is 544. The van der Waals surface area contributed by atoms with Gasteiger partial charge in [0.05, 0.1) is 13.0 Å². The zero-order valence-electron chi connectivity index (χ0n) is 13.0. The summed E-state index contributed by atoms with van der Waals surface area (Å²) in [5.41, 5.74) is 0.107. The highest BCUT2D eigenvalue weighted by molar-refractivity contribution is 6.10. The van der Waals surface area contributed by atoms with E-state index < -0.39 is 11.6 Å². The third-order valence-electron chi connectivity index (χ3n) is 3.38. The van der Waals surface area contributed by atoms with Gasteiger partial charge in [0, 0.05) is 5.69 Å². The first-order chi connectivity index (χ1) is 9.74. The van der Waals surface area contributed by atoms with Gasteiger partial charge in [0.25, 0.3) is 0 Å². The van der Waals surface area contributed by atoms with Gasteiger partial charge in [-0.3, -0.25) is 9.69 Å². The molecule has 0 aromatic heterocycles. The number of benzene rings is 1. The Morgan fingerprint density at radius 2 is 1.76 bits per heavy atom. The highest BCUT2D eigenvalue weighted by Crippen LogP contribution is 2.34. The van der Waals surface area contributed by atoms with Crippen molar-refractivity contribution in [1.82, 2.24) is 0 Å². The van der Waals surface area contributed by atoms with Crippen LogP contribution in [0.4, 0.5) is 5.69 Å². The van der Waals surface area contributed by atoms with Gasteiger partial charge in [0.2, 0.25) is 5.91 Å². The maximum Gasteiger partial charge on any atom is 0.330 e. The number of carbonyl (C=O) groups is 2. The third kappa shape index (κ3) is 3.01. The van der Waals surface area contributed by atoms with Crippen LogP contribution in [0, 0.1) is 5.92 Å². The standard InChI is InChI=1S/C16H21NO4/c1-10-13(15(19)21-16(2,3)4)17(14(10)18)11-6-8-12(20-5)9-7-11/h6-10,13H,1-5H3/t10-,13-/m0/s1. The number of amides is 1.